The van der Waals surface area contributed by atoms with Gasteiger partial charge in [-0.15, -0.1) is 0 Å². The van der Waals surface area contributed by atoms with Crippen LogP contribution in [0.2, 0.25) is 0 Å². The summed E-state index contributed by atoms with van der Waals surface area (Å²) >= 11 is 0. The highest BCUT2D eigenvalue weighted by molar-refractivity contribution is 5.51. The topological polar surface area (TPSA) is 49.7 Å². The highest BCUT2D eigenvalue weighted by atomic mass is 19.2. The van der Waals surface area contributed by atoms with Gasteiger partial charge in [0, 0.05) is 0 Å². The largest absolute Gasteiger partial charge is 0.502 e. The average molecular weight is 194 g/mol. The fourth-order valence-electron chi connectivity index (χ4n) is 0.802. The number of benzene rings is 1. The van der Waals surface area contributed by atoms with Crippen LogP contribution in [0.3, 0.4) is 0 Å². The molecule has 0 spiro atoms. The Labute approximate surface area is 71.0 Å². The van der Waals surface area contributed by atoms with Crippen molar-refractivity contribution in [2.75, 3.05) is 7.11 Å². The van der Waals surface area contributed by atoms with Crippen molar-refractivity contribution >= 4 is 0 Å². The molecule has 0 saturated heterocycles. The predicted octanol–water partition coefficient (Wildman–Crippen LogP) is 1.52. The minimum absolute atomic E-state index is 0.934. The number of phenols is 2. The molecule has 1 aromatic carbocycles. The molecule has 6 heteroatoms. The molecule has 0 saturated carbocycles. The van der Waals surface area contributed by atoms with Crippen LogP contribution in [-0.4, -0.2) is 17.3 Å². The van der Waals surface area contributed by atoms with E-state index in [0.717, 1.165) is 7.11 Å². The van der Waals surface area contributed by atoms with Crippen molar-refractivity contribution in [3.05, 3.63) is 17.5 Å². The zero-order chi connectivity index (χ0) is 10.2. The van der Waals surface area contributed by atoms with E-state index in [1.54, 1.807) is 0 Å². The van der Waals surface area contributed by atoms with Crippen molar-refractivity contribution in [1.82, 2.24) is 0 Å². The van der Waals surface area contributed by atoms with Crippen molar-refractivity contribution < 1.29 is 28.1 Å². The van der Waals surface area contributed by atoms with Gasteiger partial charge in [0.2, 0.25) is 34.7 Å². The Morgan fingerprint density at radius 1 is 0.923 bits per heavy atom. The molecule has 0 aliphatic rings. The Bertz CT molecular complexity index is 322. The summed E-state index contributed by atoms with van der Waals surface area (Å²) in [5, 5.41) is 17.6. The lowest BCUT2D eigenvalue weighted by molar-refractivity contribution is 0.302. The minimum Gasteiger partial charge on any atom is -0.502 e. The van der Waals surface area contributed by atoms with Crippen molar-refractivity contribution in [2.24, 2.45) is 0 Å². The van der Waals surface area contributed by atoms with E-state index in [2.05, 4.69) is 4.74 Å². The highest BCUT2D eigenvalue weighted by Crippen LogP contribution is 2.40. The molecule has 0 fully saturated rings. The molecule has 0 atom stereocenters. The molecule has 0 aliphatic carbocycles. The van der Waals surface area contributed by atoms with E-state index in [-0.39, 0.29) is 0 Å². The number of hydrogen-bond donors (Lipinski definition) is 2. The Balaban J connectivity index is 3.56. The number of ether oxygens (including phenoxy) is 1. The van der Waals surface area contributed by atoms with Gasteiger partial charge in [0.05, 0.1) is 7.11 Å². The summed E-state index contributed by atoms with van der Waals surface area (Å²) in [6.45, 7) is 0. The quantitative estimate of drug-likeness (QED) is 0.526. The van der Waals surface area contributed by atoms with E-state index >= 15 is 0 Å². The van der Waals surface area contributed by atoms with Gasteiger partial charge >= 0.3 is 0 Å². The Hall–Kier alpha value is -1.59. The molecule has 0 aromatic heterocycles. The zero-order valence-electron chi connectivity index (χ0n) is 6.44. The van der Waals surface area contributed by atoms with Gasteiger partial charge in [0.15, 0.2) is 0 Å². The summed E-state index contributed by atoms with van der Waals surface area (Å²) in [6, 6.07) is 0. The van der Waals surface area contributed by atoms with Gasteiger partial charge in [-0.05, 0) is 0 Å². The molecule has 13 heavy (non-hydrogen) atoms. The lowest BCUT2D eigenvalue weighted by Gasteiger charge is -2.07. The third kappa shape index (κ3) is 1.24. The summed E-state index contributed by atoms with van der Waals surface area (Å²) in [5.41, 5.74) is 0. The Kier molecular flexibility index (Phi) is 2.22. The molecule has 72 valence electrons. The summed E-state index contributed by atoms with van der Waals surface area (Å²) in [4.78, 5) is 0. The molecule has 3 nitrogen and oxygen atoms in total. The van der Waals surface area contributed by atoms with Gasteiger partial charge in [-0.2, -0.15) is 8.78 Å². The van der Waals surface area contributed by atoms with Crippen molar-refractivity contribution in [1.29, 1.82) is 0 Å². The Morgan fingerprint density at radius 3 is 1.92 bits per heavy atom. The molecule has 0 radical (unpaired) electrons. The molecule has 0 unspecified atom stereocenters. The first kappa shape index (κ1) is 9.50. The van der Waals surface area contributed by atoms with Crippen LogP contribution in [0.25, 0.3) is 0 Å². The number of rotatable bonds is 1. The molecule has 0 bridgehead atoms. The van der Waals surface area contributed by atoms with Gasteiger partial charge in [0.25, 0.3) is 0 Å². The molecule has 2 N–H and O–H groups in total. The average Bonchev–Trinajstić information content (AvgIpc) is 2.13. The smallest absolute Gasteiger partial charge is 0.207 e. The van der Waals surface area contributed by atoms with E-state index in [0.29, 0.717) is 0 Å². The number of halogens is 3. The van der Waals surface area contributed by atoms with Crippen molar-refractivity contribution in [3.8, 4) is 17.2 Å². The van der Waals surface area contributed by atoms with Crippen LogP contribution in [-0.2, 0) is 0 Å². The third-order valence-electron chi connectivity index (χ3n) is 1.44. The van der Waals surface area contributed by atoms with Crippen LogP contribution in [0.1, 0.15) is 0 Å². The minimum atomic E-state index is -1.90. The monoisotopic (exact) mass is 194 g/mol. The number of hydrogen-bond acceptors (Lipinski definition) is 3. The second-order valence-corrected chi connectivity index (χ2v) is 2.17. The van der Waals surface area contributed by atoms with Gasteiger partial charge < -0.3 is 14.9 Å². The van der Waals surface area contributed by atoms with Gasteiger partial charge in [-0.25, -0.2) is 4.39 Å². The summed E-state index contributed by atoms with van der Waals surface area (Å²) in [6.07, 6.45) is 0. The van der Waals surface area contributed by atoms with E-state index < -0.39 is 34.7 Å². The molecule has 0 heterocycles. The standard InChI is InChI=1S/C7H5F3O3/c1-13-7-4(10)2(8)3(9)5(11)6(7)12/h11-12H,1H3. The molecular formula is C7H5F3O3. The van der Waals surface area contributed by atoms with Crippen LogP contribution >= 0.6 is 0 Å². The van der Waals surface area contributed by atoms with E-state index in [1.807, 2.05) is 0 Å². The molecular weight excluding hydrogens is 189 g/mol. The predicted molar refractivity (Wildman–Crippen MR) is 36.2 cm³/mol. The van der Waals surface area contributed by atoms with Crippen LogP contribution in [0, 0.1) is 17.5 Å². The summed E-state index contributed by atoms with van der Waals surface area (Å²) in [5.74, 6) is -8.91. The van der Waals surface area contributed by atoms with Crippen LogP contribution in [0.15, 0.2) is 0 Å². The maximum atomic E-state index is 12.7. The van der Waals surface area contributed by atoms with Crippen LogP contribution < -0.4 is 4.74 Å². The Morgan fingerprint density at radius 2 is 1.46 bits per heavy atom. The molecule has 1 aromatic rings. The fourth-order valence-corrected chi connectivity index (χ4v) is 0.802. The molecule has 0 amide bonds. The fraction of sp³-hybridized carbons (Fsp3) is 0.143. The van der Waals surface area contributed by atoms with Gasteiger partial charge in [0.1, 0.15) is 0 Å². The van der Waals surface area contributed by atoms with E-state index in [1.165, 1.54) is 0 Å². The highest BCUT2D eigenvalue weighted by Gasteiger charge is 2.25. The van der Waals surface area contributed by atoms with Crippen LogP contribution in [0.4, 0.5) is 13.2 Å². The molecule has 1 rings (SSSR count). The van der Waals surface area contributed by atoms with Gasteiger partial charge in [-0.3, -0.25) is 0 Å². The maximum absolute atomic E-state index is 12.7. The number of methoxy groups -OCH3 is 1. The van der Waals surface area contributed by atoms with Crippen LogP contribution in [0.5, 0.6) is 17.2 Å². The summed E-state index contributed by atoms with van der Waals surface area (Å²) < 4.78 is 41.9. The first-order valence-electron chi connectivity index (χ1n) is 3.13. The second kappa shape index (κ2) is 3.04. The lowest BCUT2D eigenvalue weighted by Crippen LogP contribution is -1.97. The normalized spacial score (nSPS) is 10.2. The summed E-state index contributed by atoms with van der Waals surface area (Å²) in [7, 11) is 0.939. The van der Waals surface area contributed by atoms with E-state index in [9.17, 15) is 13.2 Å². The van der Waals surface area contributed by atoms with E-state index in [4.69, 9.17) is 10.2 Å². The zero-order valence-corrected chi connectivity index (χ0v) is 6.44. The lowest BCUT2D eigenvalue weighted by atomic mass is 10.2. The van der Waals surface area contributed by atoms with Gasteiger partial charge in [-0.1, -0.05) is 0 Å². The first-order chi connectivity index (χ1) is 6.00. The first-order valence-corrected chi connectivity index (χ1v) is 3.13. The number of phenolic OH excluding ortho intramolecular Hbond substituents is 2. The molecule has 0 aliphatic heterocycles. The van der Waals surface area contributed by atoms with Crippen molar-refractivity contribution in [2.45, 2.75) is 0 Å². The number of aromatic hydroxyl groups is 2. The second-order valence-electron chi connectivity index (χ2n) is 2.17. The van der Waals surface area contributed by atoms with Crippen molar-refractivity contribution in [3.63, 3.8) is 0 Å². The third-order valence-corrected chi connectivity index (χ3v) is 1.44. The maximum Gasteiger partial charge on any atom is 0.207 e. The SMILES string of the molecule is COc1c(O)c(O)c(F)c(F)c1F.